The highest BCUT2D eigenvalue weighted by molar-refractivity contribution is 6.01. The number of carbonyl (C=O) groups is 1. The van der Waals surface area contributed by atoms with Gasteiger partial charge in [0.2, 0.25) is 0 Å². The largest absolute Gasteiger partial charge is 0.319 e. The fraction of sp³-hybridized carbons (Fsp3) is 0.533. The van der Waals surface area contributed by atoms with Gasteiger partial charge in [-0.2, -0.15) is 0 Å². The van der Waals surface area contributed by atoms with Crippen LogP contribution in [0.5, 0.6) is 0 Å². The fourth-order valence-electron chi connectivity index (χ4n) is 2.09. The van der Waals surface area contributed by atoms with Crippen LogP contribution in [0.1, 0.15) is 40.9 Å². The summed E-state index contributed by atoms with van der Waals surface area (Å²) < 4.78 is 0. The van der Waals surface area contributed by atoms with Gasteiger partial charge in [0.05, 0.1) is 0 Å². The molecule has 1 aromatic carbocycles. The summed E-state index contributed by atoms with van der Waals surface area (Å²) >= 11 is 0. The SMILES string of the molecule is CNCC(C)(C)C(=O)c1ccc(C)c(C)c1C. The van der Waals surface area contributed by atoms with Gasteiger partial charge in [0.15, 0.2) is 5.78 Å². The van der Waals surface area contributed by atoms with Crippen LogP contribution in [-0.4, -0.2) is 19.4 Å². The van der Waals surface area contributed by atoms with Gasteiger partial charge in [-0.3, -0.25) is 4.79 Å². The summed E-state index contributed by atoms with van der Waals surface area (Å²) in [4.78, 5) is 12.5. The average molecular weight is 233 g/mol. The van der Waals surface area contributed by atoms with E-state index in [0.29, 0.717) is 6.54 Å². The third kappa shape index (κ3) is 2.75. The lowest BCUT2D eigenvalue weighted by molar-refractivity contribution is 0.0838. The lowest BCUT2D eigenvalue weighted by atomic mass is 9.81. The first-order chi connectivity index (χ1) is 7.81. The molecule has 0 saturated carbocycles. The molecule has 94 valence electrons. The van der Waals surface area contributed by atoms with Crippen LogP contribution in [0.15, 0.2) is 12.1 Å². The van der Waals surface area contributed by atoms with Crippen molar-refractivity contribution in [1.82, 2.24) is 5.32 Å². The Bertz CT molecular complexity index is 433. The van der Waals surface area contributed by atoms with Crippen LogP contribution in [0.4, 0.5) is 0 Å². The smallest absolute Gasteiger partial charge is 0.169 e. The highest BCUT2D eigenvalue weighted by Crippen LogP contribution is 2.25. The molecule has 17 heavy (non-hydrogen) atoms. The molecule has 0 saturated heterocycles. The topological polar surface area (TPSA) is 29.1 Å². The van der Waals surface area contributed by atoms with Crippen molar-refractivity contribution in [1.29, 1.82) is 0 Å². The highest BCUT2D eigenvalue weighted by Gasteiger charge is 2.29. The minimum Gasteiger partial charge on any atom is -0.319 e. The van der Waals surface area contributed by atoms with Crippen molar-refractivity contribution in [2.75, 3.05) is 13.6 Å². The summed E-state index contributed by atoms with van der Waals surface area (Å²) in [5.74, 6) is 0.215. The van der Waals surface area contributed by atoms with E-state index in [2.05, 4.69) is 19.2 Å². The lowest BCUT2D eigenvalue weighted by Gasteiger charge is -2.24. The third-order valence-electron chi connectivity index (χ3n) is 3.54. The van der Waals surface area contributed by atoms with Crippen molar-refractivity contribution in [3.63, 3.8) is 0 Å². The molecule has 0 fully saturated rings. The Balaban J connectivity index is 3.18. The summed E-state index contributed by atoms with van der Waals surface area (Å²) in [6.45, 7) is 10.9. The molecule has 0 bridgehead atoms. The third-order valence-corrected chi connectivity index (χ3v) is 3.54. The lowest BCUT2D eigenvalue weighted by Crippen LogP contribution is -2.35. The molecule has 1 rings (SSSR count). The molecule has 2 nitrogen and oxygen atoms in total. The molecule has 0 aliphatic carbocycles. The van der Waals surface area contributed by atoms with Gasteiger partial charge in [-0.05, 0) is 44.5 Å². The zero-order chi connectivity index (χ0) is 13.2. The minimum atomic E-state index is -0.360. The van der Waals surface area contributed by atoms with Gasteiger partial charge in [0.1, 0.15) is 0 Å². The number of carbonyl (C=O) groups excluding carboxylic acids is 1. The van der Waals surface area contributed by atoms with Gasteiger partial charge in [0.25, 0.3) is 0 Å². The number of Topliss-reactive ketones (excluding diaryl/α,β-unsaturated/α-hetero) is 1. The van der Waals surface area contributed by atoms with E-state index in [0.717, 1.165) is 11.1 Å². The second-order valence-corrected chi connectivity index (χ2v) is 5.42. The van der Waals surface area contributed by atoms with E-state index in [-0.39, 0.29) is 11.2 Å². The minimum absolute atomic E-state index is 0.215. The first kappa shape index (κ1) is 13.9. The average Bonchev–Trinajstić information content (AvgIpc) is 2.25. The van der Waals surface area contributed by atoms with E-state index in [9.17, 15) is 4.79 Å². The second kappa shape index (κ2) is 5.01. The van der Waals surface area contributed by atoms with Crippen LogP contribution in [0.25, 0.3) is 0 Å². The van der Waals surface area contributed by atoms with Crippen LogP contribution in [0.2, 0.25) is 0 Å². The van der Waals surface area contributed by atoms with Crippen molar-refractivity contribution in [3.05, 3.63) is 34.4 Å². The van der Waals surface area contributed by atoms with E-state index in [1.54, 1.807) is 0 Å². The maximum atomic E-state index is 12.5. The molecule has 0 unspecified atom stereocenters. The zero-order valence-electron chi connectivity index (χ0n) is 11.8. The molecule has 0 amide bonds. The summed E-state index contributed by atoms with van der Waals surface area (Å²) in [7, 11) is 1.88. The molecule has 1 N–H and O–H groups in total. The number of rotatable bonds is 4. The summed E-state index contributed by atoms with van der Waals surface area (Å²) in [6.07, 6.45) is 0. The molecule has 0 heterocycles. The first-order valence-electron chi connectivity index (χ1n) is 6.07. The zero-order valence-corrected chi connectivity index (χ0v) is 11.8. The number of ketones is 1. The van der Waals surface area contributed by atoms with Gasteiger partial charge in [0, 0.05) is 17.5 Å². The van der Waals surface area contributed by atoms with Crippen LogP contribution >= 0.6 is 0 Å². The van der Waals surface area contributed by atoms with Crippen LogP contribution in [0, 0.1) is 26.2 Å². The van der Waals surface area contributed by atoms with Crippen molar-refractivity contribution in [2.24, 2.45) is 5.41 Å². The fourth-order valence-corrected chi connectivity index (χ4v) is 2.09. The molecule has 0 aliphatic rings. The van der Waals surface area contributed by atoms with Gasteiger partial charge in [-0.15, -0.1) is 0 Å². The van der Waals surface area contributed by atoms with Crippen molar-refractivity contribution in [3.8, 4) is 0 Å². The van der Waals surface area contributed by atoms with E-state index in [1.165, 1.54) is 11.1 Å². The Morgan fingerprint density at radius 2 is 1.76 bits per heavy atom. The van der Waals surface area contributed by atoms with E-state index in [1.807, 2.05) is 40.0 Å². The molecule has 0 aliphatic heterocycles. The van der Waals surface area contributed by atoms with E-state index in [4.69, 9.17) is 0 Å². The molecule has 2 heteroatoms. The van der Waals surface area contributed by atoms with Gasteiger partial charge >= 0.3 is 0 Å². The predicted molar refractivity (Wildman–Crippen MR) is 72.7 cm³/mol. The number of hydrogen-bond acceptors (Lipinski definition) is 2. The van der Waals surface area contributed by atoms with Crippen molar-refractivity contribution < 1.29 is 4.79 Å². The standard InChI is InChI=1S/C15H23NO/c1-10-7-8-13(12(3)11(10)2)14(17)15(4,5)9-16-6/h7-8,16H,9H2,1-6H3. The van der Waals surface area contributed by atoms with Gasteiger partial charge in [-0.1, -0.05) is 26.0 Å². The van der Waals surface area contributed by atoms with Crippen molar-refractivity contribution >= 4 is 5.78 Å². The molecule has 0 radical (unpaired) electrons. The second-order valence-electron chi connectivity index (χ2n) is 5.42. The molecule has 0 spiro atoms. The van der Waals surface area contributed by atoms with Gasteiger partial charge in [-0.25, -0.2) is 0 Å². The van der Waals surface area contributed by atoms with Crippen molar-refractivity contribution in [2.45, 2.75) is 34.6 Å². The summed E-state index contributed by atoms with van der Waals surface area (Å²) in [5, 5.41) is 3.08. The number of nitrogens with one attached hydrogen (secondary N) is 1. The van der Waals surface area contributed by atoms with Crippen LogP contribution < -0.4 is 5.32 Å². The maximum absolute atomic E-state index is 12.5. The highest BCUT2D eigenvalue weighted by atomic mass is 16.1. The monoisotopic (exact) mass is 233 g/mol. The Labute approximate surface area is 104 Å². The van der Waals surface area contributed by atoms with Crippen LogP contribution in [-0.2, 0) is 0 Å². The molecular formula is C15H23NO. The molecule has 0 atom stereocenters. The summed E-state index contributed by atoms with van der Waals surface area (Å²) in [5.41, 5.74) is 4.07. The molecular weight excluding hydrogens is 210 g/mol. The maximum Gasteiger partial charge on any atom is 0.169 e. The first-order valence-corrected chi connectivity index (χ1v) is 6.07. The number of aryl methyl sites for hydroxylation is 1. The predicted octanol–water partition coefficient (Wildman–Crippen LogP) is 3.04. The van der Waals surface area contributed by atoms with Gasteiger partial charge < -0.3 is 5.32 Å². The Morgan fingerprint density at radius 3 is 2.29 bits per heavy atom. The number of benzene rings is 1. The Morgan fingerprint density at radius 1 is 1.18 bits per heavy atom. The summed E-state index contributed by atoms with van der Waals surface area (Å²) in [6, 6.07) is 3.99. The Kier molecular flexibility index (Phi) is 4.10. The molecule has 0 aromatic heterocycles. The van der Waals surface area contributed by atoms with E-state index < -0.39 is 0 Å². The van der Waals surface area contributed by atoms with E-state index >= 15 is 0 Å². The normalized spacial score (nSPS) is 11.6. The Hall–Kier alpha value is -1.15. The number of hydrogen-bond donors (Lipinski definition) is 1. The molecule has 1 aromatic rings. The van der Waals surface area contributed by atoms with Crippen LogP contribution in [0.3, 0.4) is 0 Å². The quantitative estimate of drug-likeness (QED) is 0.810.